The number of aryl methyl sites for hydroxylation is 3. The number of amides is 1. The van der Waals surface area contributed by atoms with Gasteiger partial charge in [0.15, 0.2) is 0 Å². The van der Waals surface area contributed by atoms with Crippen LogP contribution in [0.3, 0.4) is 0 Å². The van der Waals surface area contributed by atoms with E-state index in [1.54, 1.807) is 0 Å². The van der Waals surface area contributed by atoms with Gasteiger partial charge in [0.25, 0.3) is 0 Å². The van der Waals surface area contributed by atoms with E-state index in [2.05, 4.69) is 12.1 Å². The number of ether oxygens (including phenoxy) is 1. The number of aliphatic carboxylic acids is 1. The number of aromatic nitrogens is 1. The number of hydrogen-bond donors (Lipinski definition) is 1. The van der Waals surface area contributed by atoms with Crippen LogP contribution >= 0.6 is 0 Å². The molecule has 7 nitrogen and oxygen atoms in total. The van der Waals surface area contributed by atoms with E-state index in [0.29, 0.717) is 36.7 Å². The van der Waals surface area contributed by atoms with Gasteiger partial charge in [-0.2, -0.15) is 0 Å². The molecule has 1 aromatic heterocycles. The molecule has 0 spiro atoms. The second-order valence-corrected chi connectivity index (χ2v) is 11.5. The molecule has 0 saturated carbocycles. The largest absolute Gasteiger partial charge is 0.491 e. The number of nitrogens with zero attached hydrogens (tertiary/aromatic N) is 3. The summed E-state index contributed by atoms with van der Waals surface area (Å²) in [6.45, 7) is 6.52. The monoisotopic (exact) mass is 519 g/mol. The first kappa shape index (κ1) is 26.7. The zero-order valence-electron chi connectivity index (χ0n) is 22.8. The third-order valence-corrected chi connectivity index (χ3v) is 8.39. The van der Waals surface area contributed by atoms with Crippen molar-refractivity contribution in [3.63, 3.8) is 0 Å². The van der Waals surface area contributed by atoms with Crippen molar-refractivity contribution in [2.24, 2.45) is 11.8 Å². The second-order valence-electron chi connectivity index (χ2n) is 11.5. The van der Waals surface area contributed by atoms with Gasteiger partial charge >= 0.3 is 5.97 Å². The fourth-order valence-electron chi connectivity index (χ4n) is 6.42. The highest BCUT2D eigenvalue weighted by atomic mass is 16.5. The van der Waals surface area contributed by atoms with Crippen molar-refractivity contribution in [3.8, 4) is 5.75 Å². The Bertz CT molecular complexity index is 1150. The lowest BCUT2D eigenvalue weighted by molar-refractivity contribution is -0.144. The SMILES string of the molecule is CC(C)Oc1ccccc1[C@@H](C(=O)O)N1CC[C@@H](C(=O)N2CC[C@@H](CCc3ccc4c(n3)CCCC4)C2)C1. The molecular weight excluding hydrogens is 478 g/mol. The van der Waals surface area contributed by atoms with E-state index in [4.69, 9.17) is 9.72 Å². The molecule has 0 bridgehead atoms. The molecule has 2 aromatic rings. The quantitative estimate of drug-likeness (QED) is 0.518. The van der Waals surface area contributed by atoms with Gasteiger partial charge in [-0.15, -0.1) is 0 Å². The molecule has 3 atom stereocenters. The number of carbonyl (C=O) groups is 2. The molecule has 2 saturated heterocycles. The number of carboxylic acids is 1. The summed E-state index contributed by atoms with van der Waals surface area (Å²) in [5, 5.41) is 10.1. The maximum absolute atomic E-state index is 13.4. The summed E-state index contributed by atoms with van der Waals surface area (Å²) in [4.78, 5) is 34.7. The lowest BCUT2D eigenvalue weighted by Crippen LogP contribution is -2.38. The molecule has 7 heteroatoms. The normalized spacial score (nSPS) is 22.4. The van der Waals surface area contributed by atoms with Crippen molar-refractivity contribution in [3.05, 3.63) is 58.9 Å². The van der Waals surface area contributed by atoms with Gasteiger partial charge < -0.3 is 14.7 Å². The highest BCUT2D eigenvalue weighted by Crippen LogP contribution is 2.35. The van der Waals surface area contributed by atoms with Crippen molar-refractivity contribution >= 4 is 11.9 Å². The number of fused-ring (bicyclic) bond motifs is 1. The van der Waals surface area contributed by atoms with Crippen molar-refractivity contribution < 1.29 is 19.4 Å². The van der Waals surface area contributed by atoms with E-state index in [1.165, 1.54) is 29.8 Å². The first-order valence-corrected chi connectivity index (χ1v) is 14.4. The summed E-state index contributed by atoms with van der Waals surface area (Å²) in [7, 11) is 0. The smallest absolute Gasteiger partial charge is 0.325 e. The fourth-order valence-corrected chi connectivity index (χ4v) is 6.42. The molecule has 1 aromatic carbocycles. The summed E-state index contributed by atoms with van der Waals surface area (Å²) in [6, 6.07) is 11.0. The predicted molar refractivity (Wildman–Crippen MR) is 146 cm³/mol. The van der Waals surface area contributed by atoms with Crippen LogP contribution in [-0.2, 0) is 28.9 Å². The minimum absolute atomic E-state index is 0.0513. The summed E-state index contributed by atoms with van der Waals surface area (Å²) >= 11 is 0. The third kappa shape index (κ3) is 6.04. The topological polar surface area (TPSA) is 83.0 Å². The molecule has 1 amide bonds. The van der Waals surface area contributed by atoms with Crippen LogP contribution in [0.15, 0.2) is 36.4 Å². The van der Waals surface area contributed by atoms with Gasteiger partial charge in [0.2, 0.25) is 5.91 Å². The van der Waals surface area contributed by atoms with E-state index in [0.717, 1.165) is 45.2 Å². The Morgan fingerprint density at radius 2 is 1.87 bits per heavy atom. The molecule has 0 unspecified atom stereocenters. The van der Waals surface area contributed by atoms with E-state index in [9.17, 15) is 14.7 Å². The zero-order chi connectivity index (χ0) is 26.6. The molecule has 2 fully saturated rings. The average Bonchev–Trinajstić information content (AvgIpc) is 3.58. The molecule has 3 aliphatic rings. The Kier molecular flexibility index (Phi) is 8.32. The van der Waals surface area contributed by atoms with Gasteiger partial charge in [-0.3, -0.25) is 19.5 Å². The van der Waals surface area contributed by atoms with E-state index < -0.39 is 12.0 Å². The molecule has 2 aliphatic heterocycles. The number of carboxylic acid groups (broad SMARTS) is 1. The first-order valence-electron chi connectivity index (χ1n) is 14.4. The van der Waals surface area contributed by atoms with E-state index >= 15 is 0 Å². The van der Waals surface area contributed by atoms with Gasteiger partial charge in [0.05, 0.1) is 12.0 Å². The summed E-state index contributed by atoms with van der Waals surface area (Å²) < 4.78 is 5.92. The van der Waals surface area contributed by atoms with Crippen LogP contribution in [0.2, 0.25) is 0 Å². The Hall–Kier alpha value is -2.93. The highest BCUT2D eigenvalue weighted by Gasteiger charge is 2.40. The maximum atomic E-state index is 13.4. The number of rotatable bonds is 9. The number of pyridine rings is 1. The van der Waals surface area contributed by atoms with Crippen molar-refractivity contribution in [2.75, 3.05) is 26.2 Å². The van der Waals surface area contributed by atoms with Crippen LogP contribution in [0.1, 0.15) is 74.5 Å². The van der Waals surface area contributed by atoms with Crippen molar-refractivity contribution in [1.29, 1.82) is 0 Å². The summed E-state index contributed by atoms with van der Waals surface area (Å²) in [6.07, 6.45) is 8.47. The Labute approximate surface area is 226 Å². The van der Waals surface area contributed by atoms with Gasteiger partial charge in [0, 0.05) is 43.1 Å². The predicted octanol–water partition coefficient (Wildman–Crippen LogP) is 4.68. The Morgan fingerprint density at radius 3 is 2.68 bits per heavy atom. The molecule has 38 heavy (non-hydrogen) atoms. The lowest BCUT2D eigenvalue weighted by atomic mass is 9.95. The minimum Gasteiger partial charge on any atom is -0.491 e. The van der Waals surface area contributed by atoms with Crippen LogP contribution in [0.5, 0.6) is 5.75 Å². The zero-order valence-corrected chi connectivity index (χ0v) is 22.8. The van der Waals surface area contributed by atoms with Crippen LogP contribution in [-0.4, -0.2) is 64.0 Å². The molecule has 1 N–H and O–H groups in total. The van der Waals surface area contributed by atoms with Crippen LogP contribution < -0.4 is 4.74 Å². The summed E-state index contributed by atoms with van der Waals surface area (Å²) in [5.74, 6) is 0.213. The molecule has 0 radical (unpaired) electrons. The fraction of sp³-hybridized carbons (Fsp3) is 0.581. The second kappa shape index (κ2) is 11.9. The van der Waals surface area contributed by atoms with Crippen molar-refractivity contribution in [1.82, 2.24) is 14.8 Å². The number of benzene rings is 1. The molecule has 3 heterocycles. The molecule has 204 valence electrons. The maximum Gasteiger partial charge on any atom is 0.325 e. The van der Waals surface area contributed by atoms with Crippen LogP contribution in [0.25, 0.3) is 0 Å². The standard InChI is InChI=1S/C31H41N3O4/c1-21(2)38-28-10-6-4-8-26(28)29(31(36)37)33-18-16-24(20-33)30(35)34-17-15-22(19-34)11-13-25-14-12-23-7-3-5-9-27(23)32-25/h4,6,8,10,12,14,21-22,24,29H,3,5,7,9,11,13,15-20H2,1-2H3,(H,36,37)/t22-,24-,29+/m1/s1. The Balaban J connectivity index is 1.16. The minimum atomic E-state index is -0.907. The van der Waals surface area contributed by atoms with Crippen LogP contribution in [0.4, 0.5) is 0 Å². The number of carbonyl (C=O) groups excluding carboxylic acids is 1. The van der Waals surface area contributed by atoms with Gasteiger partial charge in [-0.1, -0.05) is 24.3 Å². The molecule has 5 rings (SSSR count). The highest BCUT2D eigenvalue weighted by molar-refractivity contribution is 5.80. The van der Waals surface area contributed by atoms with Gasteiger partial charge in [-0.05, 0) is 88.8 Å². The number of likely N-dealkylation sites (tertiary alicyclic amines) is 2. The van der Waals surface area contributed by atoms with Crippen molar-refractivity contribution in [2.45, 2.75) is 77.4 Å². The van der Waals surface area contributed by atoms with Crippen LogP contribution in [0, 0.1) is 11.8 Å². The van der Waals surface area contributed by atoms with E-state index in [-0.39, 0.29) is 17.9 Å². The molecular formula is C31H41N3O4. The Morgan fingerprint density at radius 1 is 1.05 bits per heavy atom. The van der Waals surface area contributed by atoms with Gasteiger partial charge in [-0.25, -0.2) is 0 Å². The third-order valence-electron chi connectivity index (χ3n) is 8.39. The first-order chi connectivity index (χ1) is 18.4. The van der Waals surface area contributed by atoms with Gasteiger partial charge in [0.1, 0.15) is 11.8 Å². The van der Waals surface area contributed by atoms with E-state index in [1.807, 2.05) is 47.9 Å². The number of para-hydroxylation sites is 1. The lowest BCUT2D eigenvalue weighted by Gasteiger charge is -2.27. The number of hydrogen-bond acceptors (Lipinski definition) is 5. The molecule has 1 aliphatic carbocycles. The average molecular weight is 520 g/mol. The summed E-state index contributed by atoms with van der Waals surface area (Å²) in [5.41, 5.74) is 4.55.